The fourth-order valence-corrected chi connectivity index (χ4v) is 3.41. The second-order valence-electron chi connectivity index (χ2n) is 7.17. The van der Waals surface area contributed by atoms with Crippen LogP contribution < -0.4 is 10.1 Å². The third kappa shape index (κ3) is 3.82. The van der Waals surface area contributed by atoms with Gasteiger partial charge in [-0.05, 0) is 31.7 Å². The zero-order chi connectivity index (χ0) is 18.8. The number of nitrogens with one attached hydrogen (secondary N) is 1. The Morgan fingerprint density at radius 1 is 1.04 bits per heavy atom. The molecule has 1 aliphatic heterocycles. The van der Waals surface area contributed by atoms with Crippen molar-refractivity contribution in [2.24, 2.45) is 0 Å². The van der Waals surface area contributed by atoms with Crippen molar-refractivity contribution in [2.75, 3.05) is 18.5 Å². The molecule has 0 amide bonds. The summed E-state index contributed by atoms with van der Waals surface area (Å²) in [6.07, 6.45) is 13.0. The van der Waals surface area contributed by atoms with Crippen LogP contribution in [0.5, 0.6) is 11.5 Å². The third-order valence-corrected chi connectivity index (χ3v) is 5.03. The Bertz CT molecular complexity index is 935. The van der Waals surface area contributed by atoms with Crippen molar-refractivity contribution >= 4 is 11.6 Å². The van der Waals surface area contributed by atoms with E-state index in [1.54, 1.807) is 24.8 Å². The van der Waals surface area contributed by atoms with E-state index < -0.39 is 0 Å². The number of aromatic nitrogens is 5. The summed E-state index contributed by atoms with van der Waals surface area (Å²) in [5.74, 6) is 3.21. The van der Waals surface area contributed by atoms with Gasteiger partial charge in [-0.1, -0.05) is 0 Å². The maximum absolute atomic E-state index is 6.26. The molecule has 1 saturated heterocycles. The Morgan fingerprint density at radius 2 is 1.89 bits per heavy atom. The van der Waals surface area contributed by atoms with Crippen LogP contribution in [-0.2, 0) is 4.74 Å². The van der Waals surface area contributed by atoms with Crippen LogP contribution in [0.25, 0.3) is 0 Å². The monoisotopic (exact) mass is 378 g/mol. The number of anilines is 2. The topological polar surface area (TPSA) is 87.0 Å². The van der Waals surface area contributed by atoms with Gasteiger partial charge in [0.05, 0.1) is 18.4 Å². The fourth-order valence-electron chi connectivity index (χ4n) is 3.41. The van der Waals surface area contributed by atoms with Crippen LogP contribution in [0.4, 0.5) is 11.6 Å². The summed E-state index contributed by atoms with van der Waals surface area (Å²) < 4.78 is 13.8. The summed E-state index contributed by atoms with van der Waals surface area (Å²) in [7, 11) is 0. The predicted octanol–water partition coefficient (Wildman–Crippen LogP) is 3.83. The van der Waals surface area contributed by atoms with Crippen molar-refractivity contribution in [3.05, 3.63) is 48.8 Å². The van der Waals surface area contributed by atoms with Gasteiger partial charge in [0.1, 0.15) is 23.1 Å². The third-order valence-electron chi connectivity index (χ3n) is 5.03. The van der Waals surface area contributed by atoms with Gasteiger partial charge in [-0.3, -0.25) is 9.67 Å². The Labute approximate surface area is 162 Å². The van der Waals surface area contributed by atoms with E-state index >= 15 is 0 Å². The van der Waals surface area contributed by atoms with Crippen LogP contribution in [0.15, 0.2) is 43.1 Å². The highest BCUT2D eigenvalue weighted by atomic mass is 16.5. The lowest BCUT2D eigenvalue weighted by molar-refractivity contribution is 0.0839. The molecule has 2 fully saturated rings. The standard InChI is InChI=1S/C20H22N6O2/c1-2-15(1)26-13-17(20(25-26)14-4-9-27-10-5-14)28-16-3-6-22-18(11-16)24-19-12-21-7-8-23-19/h3,6-8,11-15H,1-2,4-5,9-10H2,(H,22,23,24). The number of hydrogen-bond donors (Lipinski definition) is 1. The Hall–Kier alpha value is -3.00. The number of pyridine rings is 1. The van der Waals surface area contributed by atoms with Gasteiger partial charge in [0.25, 0.3) is 0 Å². The zero-order valence-corrected chi connectivity index (χ0v) is 15.5. The van der Waals surface area contributed by atoms with Crippen LogP contribution >= 0.6 is 0 Å². The van der Waals surface area contributed by atoms with Crippen molar-refractivity contribution in [3.63, 3.8) is 0 Å². The molecule has 144 valence electrons. The molecular formula is C20H22N6O2. The number of ether oxygens (including phenoxy) is 2. The summed E-state index contributed by atoms with van der Waals surface area (Å²) in [6.45, 7) is 1.56. The molecular weight excluding hydrogens is 356 g/mol. The predicted molar refractivity (Wildman–Crippen MR) is 103 cm³/mol. The Balaban J connectivity index is 1.38. The molecule has 2 aliphatic rings. The lowest BCUT2D eigenvalue weighted by Gasteiger charge is -2.21. The number of nitrogens with zero attached hydrogens (tertiary/aromatic N) is 5. The van der Waals surface area contributed by atoms with Crippen LogP contribution in [0.2, 0.25) is 0 Å². The first-order chi connectivity index (χ1) is 13.8. The van der Waals surface area contributed by atoms with Crippen molar-refractivity contribution in [2.45, 2.75) is 37.6 Å². The molecule has 0 spiro atoms. The van der Waals surface area contributed by atoms with Crippen molar-refractivity contribution in [3.8, 4) is 11.5 Å². The Morgan fingerprint density at radius 3 is 2.68 bits per heavy atom. The van der Waals surface area contributed by atoms with Gasteiger partial charge < -0.3 is 14.8 Å². The van der Waals surface area contributed by atoms with Gasteiger partial charge in [-0.25, -0.2) is 9.97 Å². The van der Waals surface area contributed by atoms with E-state index in [1.165, 1.54) is 12.8 Å². The zero-order valence-electron chi connectivity index (χ0n) is 15.5. The molecule has 8 heteroatoms. The lowest BCUT2D eigenvalue weighted by Crippen LogP contribution is -2.15. The average Bonchev–Trinajstić information content (AvgIpc) is 3.51. The van der Waals surface area contributed by atoms with E-state index in [0.717, 1.165) is 37.5 Å². The van der Waals surface area contributed by atoms with E-state index in [1.807, 2.05) is 18.3 Å². The SMILES string of the molecule is c1cnc(Nc2cc(Oc3cn(C4CC4)nc3C3CCOCC3)ccn2)cn1. The first kappa shape index (κ1) is 17.1. The van der Waals surface area contributed by atoms with E-state index in [4.69, 9.17) is 14.6 Å². The van der Waals surface area contributed by atoms with Gasteiger partial charge in [-0.15, -0.1) is 0 Å². The molecule has 0 bridgehead atoms. The minimum Gasteiger partial charge on any atom is -0.454 e. The summed E-state index contributed by atoms with van der Waals surface area (Å²) in [6, 6.07) is 4.23. The average molecular weight is 378 g/mol. The van der Waals surface area contributed by atoms with Gasteiger partial charge in [0.2, 0.25) is 0 Å². The van der Waals surface area contributed by atoms with E-state index in [-0.39, 0.29) is 0 Å². The highest BCUT2D eigenvalue weighted by Gasteiger charge is 2.29. The van der Waals surface area contributed by atoms with E-state index in [0.29, 0.717) is 29.3 Å². The molecule has 0 atom stereocenters. The van der Waals surface area contributed by atoms with Crippen LogP contribution in [-0.4, -0.2) is 37.9 Å². The highest BCUT2D eigenvalue weighted by molar-refractivity contribution is 5.52. The maximum atomic E-state index is 6.26. The lowest BCUT2D eigenvalue weighted by atomic mass is 9.96. The van der Waals surface area contributed by atoms with Crippen LogP contribution in [0.1, 0.15) is 43.3 Å². The first-order valence-electron chi connectivity index (χ1n) is 9.69. The van der Waals surface area contributed by atoms with Crippen molar-refractivity contribution in [1.29, 1.82) is 0 Å². The van der Waals surface area contributed by atoms with Gasteiger partial charge in [-0.2, -0.15) is 5.10 Å². The molecule has 28 heavy (non-hydrogen) atoms. The minimum absolute atomic E-state index is 0.378. The van der Waals surface area contributed by atoms with Gasteiger partial charge >= 0.3 is 0 Å². The Kier molecular flexibility index (Phi) is 4.62. The fraction of sp³-hybridized carbons (Fsp3) is 0.400. The quantitative estimate of drug-likeness (QED) is 0.697. The summed E-state index contributed by atoms with van der Waals surface area (Å²) in [5, 5.41) is 8.01. The van der Waals surface area contributed by atoms with Crippen molar-refractivity contribution < 1.29 is 9.47 Å². The van der Waals surface area contributed by atoms with E-state index in [9.17, 15) is 0 Å². The molecule has 1 saturated carbocycles. The molecule has 0 radical (unpaired) electrons. The normalized spacial score (nSPS) is 17.4. The number of rotatable bonds is 6. The molecule has 5 rings (SSSR count). The molecule has 3 aromatic heterocycles. The molecule has 0 aromatic carbocycles. The summed E-state index contributed by atoms with van der Waals surface area (Å²) >= 11 is 0. The summed E-state index contributed by atoms with van der Waals surface area (Å²) in [5.41, 5.74) is 1.04. The summed E-state index contributed by atoms with van der Waals surface area (Å²) in [4.78, 5) is 12.6. The molecule has 8 nitrogen and oxygen atoms in total. The van der Waals surface area contributed by atoms with Crippen LogP contribution in [0.3, 0.4) is 0 Å². The highest BCUT2D eigenvalue weighted by Crippen LogP contribution is 2.40. The molecule has 4 heterocycles. The minimum atomic E-state index is 0.378. The number of hydrogen-bond acceptors (Lipinski definition) is 7. The van der Waals surface area contributed by atoms with Gasteiger partial charge in [0.15, 0.2) is 5.75 Å². The van der Waals surface area contributed by atoms with Gasteiger partial charge in [0, 0.05) is 43.8 Å². The van der Waals surface area contributed by atoms with Crippen molar-refractivity contribution in [1.82, 2.24) is 24.7 Å². The molecule has 3 aromatic rings. The first-order valence-corrected chi connectivity index (χ1v) is 9.69. The van der Waals surface area contributed by atoms with E-state index in [2.05, 4.69) is 25.0 Å². The second-order valence-corrected chi connectivity index (χ2v) is 7.17. The smallest absolute Gasteiger partial charge is 0.168 e. The largest absolute Gasteiger partial charge is 0.454 e. The molecule has 1 N–H and O–H groups in total. The maximum Gasteiger partial charge on any atom is 0.168 e. The second kappa shape index (κ2) is 7.55. The molecule has 1 aliphatic carbocycles. The molecule has 0 unspecified atom stereocenters. The van der Waals surface area contributed by atoms with Crippen LogP contribution in [0, 0.1) is 0 Å².